The Morgan fingerprint density at radius 2 is 2.12 bits per heavy atom. The van der Waals surface area contributed by atoms with E-state index in [0.717, 1.165) is 28.1 Å². The number of aromatic nitrogens is 3. The lowest BCUT2D eigenvalue weighted by Gasteiger charge is -2.16. The molecule has 3 aromatic heterocycles. The summed E-state index contributed by atoms with van der Waals surface area (Å²) in [4.78, 5) is 15.3. The third-order valence-electron chi connectivity index (χ3n) is 3.88. The summed E-state index contributed by atoms with van der Waals surface area (Å²) in [6.45, 7) is 6.75. The maximum atomic E-state index is 5.91. The first-order valence-electron chi connectivity index (χ1n) is 7.89. The first-order valence-corrected chi connectivity index (χ1v) is 8.71. The van der Waals surface area contributed by atoms with Gasteiger partial charge >= 0.3 is 0 Å². The van der Waals surface area contributed by atoms with Gasteiger partial charge in [-0.3, -0.25) is 0 Å². The van der Waals surface area contributed by atoms with Crippen molar-refractivity contribution in [2.75, 3.05) is 11.9 Å². The minimum absolute atomic E-state index is 0.000922. The molecule has 3 heterocycles. The van der Waals surface area contributed by atoms with Crippen LogP contribution in [0.4, 0.5) is 11.5 Å². The third kappa shape index (κ3) is 3.32. The number of rotatable bonds is 6. The summed E-state index contributed by atoms with van der Waals surface area (Å²) >= 11 is 1.67. The Bertz CT molecular complexity index is 848. The number of hydrogen-bond acceptors (Lipinski definition) is 7. The van der Waals surface area contributed by atoms with Crippen LogP contribution in [0.25, 0.3) is 10.2 Å². The summed E-state index contributed by atoms with van der Waals surface area (Å²) in [6.07, 6.45) is 4.07. The van der Waals surface area contributed by atoms with Crippen molar-refractivity contribution in [2.45, 2.75) is 33.3 Å². The minimum atomic E-state index is 0.000922. The number of pyridine rings is 1. The maximum Gasteiger partial charge on any atom is 0.238 e. The molecule has 126 valence electrons. The van der Waals surface area contributed by atoms with Gasteiger partial charge in [-0.2, -0.15) is 0 Å². The third-order valence-corrected chi connectivity index (χ3v) is 4.99. The highest BCUT2D eigenvalue weighted by molar-refractivity contribution is 7.18. The van der Waals surface area contributed by atoms with Gasteiger partial charge in [0.1, 0.15) is 22.7 Å². The van der Waals surface area contributed by atoms with E-state index < -0.39 is 0 Å². The van der Waals surface area contributed by atoms with Crippen LogP contribution in [0.2, 0.25) is 0 Å². The zero-order valence-corrected chi connectivity index (χ0v) is 14.9. The van der Waals surface area contributed by atoms with Gasteiger partial charge in [-0.15, -0.1) is 11.3 Å². The van der Waals surface area contributed by atoms with Crippen molar-refractivity contribution >= 4 is 33.1 Å². The molecule has 0 fully saturated rings. The number of nitrogens with one attached hydrogen (secondary N) is 1. The van der Waals surface area contributed by atoms with Crippen LogP contribution < -0.4 is 15.8 Å². The summed E-state index contributed by atoms with van der Waals surface area (Å²) in [5.41, 5.74) is 7.57. The fraction of sp³-hybridized carbons (Fsp3) is 0.353. The van der Waals surface area contributed by atoms with E-state index in [4.69, 9.17) is 10.5 Å². The van der Waals surface area contributed by atoms with E-state index in [1.807, 2.05) is 19.1 Å². The SMILES string of the molecule is Cc1sc2ncnc(Nc3cccnc3OC(C)CCN)c2c1C. The van der Waals surface area contributed by atoms with E-state index in [-0.39, 0.29) is 6.10 Å². The van der Waals surface area contributed by atoms with Crippen LogP contribution in [-0.2, 0) is 0 Å². The molecule has 6 nitrogen and oxygen atoms in total. The number of thiophene rings is 1. The van der Waals surface area contributed by atoms with E-state index >= 15 is 0 Å². The topological polar surface area (TPSA) is 86.0 Å². The van der Waals surface area contributed by atoms with Gasteiger partial charge in [0.15, 0.2) is 0 Å². The highest BCUT2D eigenvalue weighted by atomic mass is 32.1. The molecule has 3 rings (SSSR count). The van der Waals surface area contributed by atoms with Crippen LogP contribution >= 0.6 is 11.3 Å². The standard InChI is InChI=1S/C17H21N5OS/c1-10(6-7-18)23-16-13(5-4-8-19-16)22-15-14-11(2)12(3)24-17(14)21-9-20-15/h4-5,8-10H,6-7,18H2,1-3H3,(H,20,21,22). The van der Waals surface area contributed by atoms with Gasteiger partial charge in [0.2, 0.25) is 5.88 Å². The number of anilines is 2. The van der Waals surface area contributed by atoms with Gasteiger partial charge in [-0.25, -0.2) is 15.0 Å². The van der Waals surface area contributed by atoms with E-state index in [1.54, 1.807) is 23.9 Å². The molecule has 1 atom stereocenters. The number of nitrogens with two attached hydrogens (primary N) is 1. The quantitative estimate of drug-likeness (QED) is 0.712. The van der Waals surface area contributed by atoms with Gasteiger partial charge in [-0.05, 0) is 51.4 Å². The molecule has 0 radical (unpaired) electrons. The van der Waals surface area contributed by atoms with Crippen LogP contribution in [0, 0.1) is 13.8 Å². The highest BCUT2D eigenvalue weighted by Crippen LogP contribution is 2.35. The Hall–Kier alpha value is -2.25. The zero-order chi connectivity index (χ0) is 17.1. The smallest absolute Gasteiger partial charge is 0.238 e. The molecule has 0 saturated carbocycles. The van der Waals surface area contributed by atoms with E-state index in [2.05, 4.69) is 34.1 Å². The predicted molar refractivity (Wildman–Crippen MR) is 98.2 cm³/mol. The molecule has 24 heavy (non-hydrogen) atoms. The monoisotopic (exact) mass is 343 g/mol. The number of nitrogens with zero attached hydrogens (tertiary/aromatic N) is 3. The summed E-state index contributed by atoms with van der Waals surface area (Å²) in [5.74, 6) is 1.32. The van der Waals surface area contributed by atoms with Gasteiger partial charge in [0.05, 0.1) is 11.5 Å². The molecular formula is C17H21N5OS. The normalized spacial score (nSPS) is 12.3. The maximum absolute atomic E-state index is 5.91. The molecule has 1 unspecified atom stereocenters. The fourth-order valence-electron chi connectivity index (χ4n) is 2.47. The molecule has 0 aliphatic carbocycles. The van der Waals surface area contributed by atoms with Crippen molar-refractivity contribution in [3.05, 3.63) is 35.1 Å². The molecule has 0 aliphatic rings. The highest BCUT2D eigenvalue weighted by Gasteiger charge is 2.15. The van der Waals surface area contributed by atoms with Gasteiger partial charge in [-0.1, -0.05) is 0 Å². The molecule has 3 N–H and O–H groups in total. The summed E-state index contributed by atoms with van der Waals surface area (Å²) < 4.78 is 5.91. The predicted octanol–water partition coefficient (Wildman–Crippen LogP) is 3.56. The first-order chi connectivity index (χ1) is 11.6. The Balaban J connectivity index is 1.95. The Morgan fingerprint density at radius 3 is 2.92 bits per heavy atom. The summed E-state index contributed by atoms with van der Waals surface area (Å²) in [5, 5.41) is 4.40. The second-order valence-electron chi connectivity index (χ2n) is 5.67. The summed E-state index contributed by atoms with van der Waals surface area (Å²) in [6, 6.07) is 3.80. The lowest BCUT2D eigenvalue weighted by molar-refractivity contribution is 0.206. The van der Waals surface area contributed by atoms with Crippen LogP contribution in [0.15, 0.2) is 24.7 Å². The Morgan fingerprint density at radius 1 is 1.29 bits per heavy atom. The number of hydrogen-bond donors (Lipinski definition) is 2. The van der Waals surface area contributed by atoms with Gasteiger partial charge in [0.25, 0.3) is 0 Å². The molecule has 0 aromatic carbocycles. The largest absolute Gasteiger partial charge is 0.473 e. The van der Waals surface area contributed by atoms with Crippen molar-refractivity contribution in [1.82, 2.24) is 15.0 Å². The number of aryl methyl sites for hydroxylation is 2. The molecule has 0 aliphatic heterocycles. The first kappa shape index (κ1) is 16.6. The molecular weight excluding hydrogens is 322 g/mol. The zero-order valence-electron chi connectivity index (χ0n) is 14.0. The average Bonchev–Trinajstić information content (AvgIpc) is 2.85. The van der Waals surface area contributed by atoms with E-state index in [1.165, 1.54) is 10.4 Å². The Kier molecular flexibility index (Phi) is 4.92. The molecule has 0 spiro atoms. The van der Waals surface area contributed by atoms with Gasteiger partial charge < -0.3 is 15.8 Å². The van der Waals surface area contributed by atoms with E-state index in [9.17, 15) is 0 Å². The molecule has 0 bridgehead atoms. The Labute approximate surface area is 145 Å². The van der Waals surface area contributed by atoms with Crippen LogP contribution in [0.3, 0.4) is 0 Å². The van der Waals surface area contributed by atoms with Gasteiger partial charge in [0, 0.05) is 11.1 Å². The summed E-state index contributed by atoms with van der Waals surface area (Å²) in [7, 11) is 0. The second-order valence-corrected chi connectivity index (χ2v) is 6.88. The van der Waals surface area contributed by atoms with Crippen LogP contribution in [0.1, 0.15) is 23.8 Å². The average molecular weight is 343 g/mol. The van der Waals surface area contributed by atoms with Crippen molar-refractivity contribution in [1.29, 1.82) is 0 Å². The molecule has 7 heteroatoms. The van der Waals surface area contributed by atoms with Crippen LogP contribution in [0.5, 0.6) is 5.88 Å². The fourth-order valence-corrected chi connectivity index (χ4v) is 3.47. The second kappa shape index (κ2) is 7.11. The van der Waals surface area contributed by atoms with Crippen molar-refractivity contribution < 1.29 is 4.74 Å². The minimum Gasteiger partial charge on any atom is -0.473 e. The molecule has 3 aromatic rings. The van der Waals surface area contributed by atoms with Crippen molar-refractivity contribution in [3.63, 3.8) is 0 Å². The molecule has 0 amide bonds. The van der Waals surface area contributed by atoms with Crippen molar-refractivity contribution in [3.8, 4) is 5.88 Å². The van der Waals surface area contributed by atoms with Crippen molar-refractivity contribution in [2.24, 2.45) is 5.73 Å². The lowest BCUT2D eigenvalue weighted by Crippen LogP contribution is -2.18. The van der Waals surface area contributed by atoms with Crippen LogP contribution in [-0.4, -0.2) is 27.6 Å². The molecule has 0 saturated heterocycles. The number of fused-ring (bicyclic) bond motifs is 1. The van der Waals surface area contributed by atoms with E-state index in [0.29, 0.717) is 12.4 Å². The lowest BCUT2D eigenvalue weighted by atomic mass is 10.2. The number of ether oxygens (including phenoxy) is 1.